The van der Waals surface area contributed by atoms with E-state index in [1.807, 2.05) is 18.2 Å². The highest BCUT2D eigenvalue weighted by molar-refractivity contribution is 5.95. The number of rotatable bonds is 1. The summed E-state index contributed by atoms with van der Waals surface area (Å²) in [5.41, 5.74) is 0.326. The number of piperidine rings is 1. The van der Waals surface area contributed by atoms with Gasteiger partial charge in [-0.2, -0.15) is 0 Å². The summed E-state index contributed by atoms with van der Waals surface area (Å²) in [4.78, 5) is 24.5. The molecule has 0 unspecified atom stereocenters. The second kappa shape index (κ2) is 6.25. The molecule has 0 spiro atoms. The molecule has 140 valence electrons. The molecule has 0 saturated carbocycles. The van der Waals surface area contributed by atoms with Crippen LogP contribution in [0.15, 0.2) is 18.2 Å². The van der Waals surface area contributed by atoms with Crippen molar-refractivity contribution < 1.29 is 19.4 Å². The molecule has 1 aromatic carbocycles. The number of methoxy groups -OCH3 is 1. The fraction of sp³-hybridized carbons (Fsp3) is 0.579. The summed E-state index contributed by atoms with van der Waals surface area (Å²) >= 11 is 0. The van der Waals surface area contributed by atoms with Gasteiger partial charge in [0.15, 0.2) is 0 Å². The molecule has 2 heterocycles. The summed E-state index contributed by atoms with van der Waals surface area (Å²) in [6.07, 6.45) is 2.60. The zero-order valence-corrected chi connectivity index (χ0v) is 14.9. The van der Waals surface area contributed by atoms with Crippen molar-refractivity contribution in [3.8, 4) is 5.75 Å². The minimum atomic E-state index is -1.05. The maximum atomic E-state index is 12.6. The van der Waals surface area contributed by atoms with E-state index in [-0.39, 0.29) is 18.4 Å². The Morgan fingerprint density at radius 1 is 1.23 bits per heavy atom. The van der Waals surface area contributed by atoms with Gasteiger partial charge in [-0.05, 0) is 55.5 Å². The summed E-state index contributed by atoms with van der Waals surface area (Å²) in [6, 6.07) is 5.33. The number of ether oxygens (including phenoxy) is 1. The van der Waals surface area contributed by atoms with Crippen LogP contribution in [0.3, 0.4) is 0 Å². The van der Waals surface area contributed by atoms with Crippen molar-refractivity contribution >= 4 is 11.9 Å². The van der Waals surface area contributed by atoms with E-state index in [9.17, 15) is 14.7 Å². The van der Waals surface area contributed by atoms with Gasteiger partial charge >= 0.3 is 6.03 Å². The summed E-state index contributed by atoms with van der Waals surface area (Å²) in [5.74, 6) is 0.354. The van der Waals surface area contributed by atoms with E-state index < -0.39 is 17.0 Å². The molecule has 2 saturated heterocycles. The Kier molecular flexibility index (Phi) is 4.16. The molecule has 4 N–H and O–H groups in total. The third-order valence-electron chi connectivity index (χ3n) is 6.34. The molecule has 3 aliphatic rings. The highest BCUT2D eigenvalue weighted by atomic mass is 16.5. The van der Waals surface area contributed by atoms with Gasteiger partial charge in [0, 0.05) is 24.4 Å². The Bertz CT molecular complexity index is 752. The molecule has 0 aromatic heterocycles. The summed E-state index contributed by atoms with van der Waals surface area (Å²) < 4.78 is 5.41. The number of nitrogens with one attached hydrogen (secondary N) is 3. The van der Waals surface area contributed by atoms with Gasteiger partial charge in [0.05, 0.1) is 12.7 Å². The average Bonchev–Trinajstić information content (AvgIpc) is 2.60. The van der Waals surface area contributed by atoms with Crippen molar-refractivity contribution in [2.24, 2.45) is 0 Å². The Hall–Kier alpha value is -2.12. The third-order valence-corrected chi connectivity index (χ3v) is 6.34. The zero-order chi connectivity index (χ0) is 18.4. The highest BCUT2D eigenvalue weighted by Gasteiger charge is 2.61. The van der Waals surface area contributed by atoms with E-state index in [2.05, 4.69) is 16.0 Å². The Morgan fingerprint density at radius 2 is 2.08 bits per heavy atom. The van der Waals surface area contributed by atoms with Crippen LogP contribution in [0.2, 0.25) is 0 Å². The van der Waals surface area contributed by atoms with Gasteiger partial charge in [0.2, 0.25) is 5.91 Å². The third kappa shape index (κ3) is 2.49. The normalized spacial score (nSPS) is 34.0. The second-order valence-corrected chi connectivity index (χ2v) is 7.57. The Balaban J connectivity index is 1.88. The van der Waals surface area contributed by atoms with Crippen LogP contribution in [-0.4, -0.2) is 48.9 Å². The van der Waals surface area contributed by atoms with Crippen LogP contribution in [0.4, 0.5) is 4.79 Å². The predicted octanol–water partition coefficient (Wildman–Crippen LogP) is 0.592. The maximum Gasteiger partial charge on any atom is 0.321 e. The van der Waals surface area contributed by atoms with Crippen molar-refractivity contribution in [2.75, 3.05) is 20.2 Å². The number of carbonyl (C=O) groups excluding carboxylic acids is 2. The number of hydrogen-bond donors (Lipinski definition) is 4. The lowest BCUT2D eigenvalue weighted by atomic mass is 9.52. The van der Waals surface area contributed by atoms with E-state index >= 15 is 0 Å². The molecule has 2 aliphatic heterocycles. The van der Waals surface area contributed by atoms with E-state index in [0.29, 0.717) is 38.0 Å². The van der Waals surface area contributed by atoms with Gasteiger partial charge in [-0.15, -0.1) is 0 Å². The van der Waals surface area contributed by atoms with E-state index in [1.54, 1.807) is 7.11 Å². The van der Waals surface area contributed by atoms with E-state index in [0.717, 1.165) is 17.7 Å². The first-order valence-corrected chi connectivity index (χ1v) is 9.19. The van der Waals surface area contributed by atoms with E-state index in [1.165, 1.54) is 0 Å². The largest absolute Gasteiger partial charge is 0.497 e. The van der Waals surface area contributed by atoms with Crippen LogP contribution in [0.5, 0.6) is 5.75 Å². The van der Waals surface area contributed by atoms with Crippen molar-refractivity contribution in [3.63, 3.8) is 0 Å². The van der Waals surface area contributed by atoms with Crippen LogP contribution >= 0.6 is 0 Å². The minimum absolute atomic E-state index is 0.0786. The van der Waals surface area contributed by atoms with Crippen molar-refractivity contribution in [1.82, 2.24) is 16.0 Å². The number of fused-ring (bicyclic) bond motifs is 1. The molecule has 0 radical (unpaired) electrons. The van der Waals surface area contributed by atoms with Crippen LogP contribution in [0.25, 0.3) is 0 Å². The van der Waals surface area contributed by atoms with Crippen molar-refractivity contribution in [1.29, 1.82) is 0 Å². The van der Waals surface area contributed by atoms with Gasteiger partial charge in [0.1, 0.15) is 5.75 Å². The van der Waals surface area contributed by atoms with Crippen LogP contribution < -0.4 is 20.7 Å². The van der Waals surface area contributed by atoms with Gasteiger partial charge < -0.3 is 20.5 Å². The molecule has 2 bridgehead atoms. The fourth-order valence-electron chi connectivity index (χ4n) is 5.11. The van der Waals surface area contributed by atoms with Gasteiger partial charge in [-0.3, -0.25) is 10.1 Å². The summed E-state index contributed by atoms with van der Waals surface area (Å²) in [5, 5.41) is 20.4. The number of urea groups is 1. The van der Waals surface area contributed by atoms with Crippen molar-refractivity contribution in [2.45, 2.75) is 49.2 Å². The second-order valence-electron chi connectivity index (χ2n) is 7.57. The zero-order valence-electron chi connectivity index (χ0n) is 14.9. The quantitative estimate of drug-likeness (QED) is 0.588. The molecule has 1 aromatic rings. The SMILES string of the molecule is COc1ccc2c(c1)[C@]13CCN[C@H](C2)[C@]1(O)CCCNC(=O)NC(=O)C3. The lowest BCUT2D eigenvalue weighted by Crippen LogP contribution is -2.71. The standard InChI is InChI=1S/C19H25N3O4/c1-26-13-4-3-12-9-15-19(25)5-2-7-21-17(24)22-16(23)11-18(19,6-8-20-15)14(12)10-13/h3-4,10,15,20,25H,2,5-9,11H2,1H3,(H2,21,22,23,24)/t15-,18-,19-/m1/s1. The smallest absolute Gasteiger partial charge is 0.321 e. The first-order chi connectivity index (χ1) is 12.5. The molecule has 1 aliphatic carbocycles. The Labute approximate surface area is 152 Å². The van der Waals surface area contributed by atoms with Gasteiger partial charge in [-0.25, -0.2) is 4.79 Å². The number of amides is 3. The lowest BCUT2D eigenvalue weighted by Gasteiger charge is -2.59. The first kappa shape index (κ1) is 17.3. The molecule has 3 amide bonds. The molecular formula is C19H25N3O4. The molecule has 7 nitrogen and oxygen atoms in total. The molecule has 2 fully saturated rings. The van der Waals surface area contributed by atoms with Crippen molar-refractivity contribution in [3.05, 3.63) is 29.3 Å². The van der Waals surface area contributed by atoms with Crippen LogP contribution in [-0.2, 0) is 16.6 Å². The van der Waals surface area contributed by atoms with Gasteiger partial charge in [-0.1, -0.05) is 6.07 Å². The molecule has 4 rings (SSSR count). The molecular weight excluding hydrogens is 334 g/mol. The monoisotopic (exact) mass is 359 g/mol. The van der Waals surface area contributed by atoms with Gasteiger partial charge in [0.25, 0.3) is 0 Å². The number of imide groups is 1. The Morgan fingerprint density at radius 3 is 2.88 bits per heavy atom. The van der Waals surface area contributed by atoms with Crippen LogP contribution in [0.1, 0.15) is 36.8 Å². The minimum Gasteiger partial charge on any atom is -0.497 e. The molecule has 3 atom stereocenters. The number of hydrogen-bond acceptors (Lipinski definition) is 5. The average molecular weight is 359 g/mol. The predicted molar refractivity (Wildman–Crippen MR) is 95.1 cm³/mol. The van der Waals surface area contributed by atoms with Crippen LogP contribution in [0, 0.1) is 0 Å². The molecule has 7 heteroatoms. The summed E-state index contributed by atoms with van der Waals surface area (Å²) in [7, 11) is 1.62. The molecule has 26 heavy (non-hydrogen) atoms. The topological polar surface area (TPSA) is 99.7 Å². The first-order valence-electron chi connectivity index (χ1n) is 9.19. The number of carbonyl (C=O) groups is 2. The summed E-state index contributed by atoms with van der Waals surface area (Å²) in [6.45, 7) is 1.15. The lowest BCUT2D eigenvalue weighted by molar-refractivity contribution is -0.136. The number of aliphatic hydroxyl groups is 1. The highest BCUT2D eigenvalue weighted by Crippen LogP contribution is 2.53. The van der Waals surface area contributed by atoms with E-state index in [4.69, 9.17) is 4.74 Å². The number of benzene rings is 1. The fourth-order valence-corrected chi connectivity index (χ4v) is 5.11. The maximum absolute atomic E-state index is 12.6.